The van der Waals surface area contributed by atoms with E-state index in [1.54, 1.807) is 30.8 Å². The SMILES string of the molecule is COCCn1c(CN2CCOc3ccc(C(=O)NO)cc3C2)nc2ccccc21. The van der Waals surface area contributed by atoms with Crippen LogP contribution in [0.1, 0.15) is 21.7 Å². The number of methoxy groups -OCH3 is 1. The number of hydrogen-bond acceptors (Lipinski definition) is 6. The molecule has 1 aromatic heterocycles. The van der Waals surface area contributed by atoms with Gasteiger partial charge in [0.05, 0.1) is 24.2 Å². The first-order valence-electron chi connectivity index (χ1n) is 9.55. The van der Waals surface area contributed by atoms with Crippen LogP contribution in [-0.4, -0.2) is 52.4 Å². The highest BCUT2D eigenvalue weighted by atomic mass is 16.5. The number of hydrogen-bond donors (Lipinski definition) is 2. The molecule has 1 aliphatic heterocycles. The molecule has 2 N–H and O–H groups in total. The van der Waals surface area contributed by atoms with Crippen LogP contribution in [0.5, 0.6) is 5.75 Å². The molecule has 4 rings (SSSR count). The molecule has 0 aliphatic carbocycles. The lowest BCUT2D eigenvalue weighted by Crippen LogP contribution is -2.27. The van der Waals surface area contributed by atoms with Gasteiger partial charge in [-0.15, -0.1) is 0 Å². The Labute approximate surface area is 168 Å². The molecule has 8 nitrogen and oxygen atoms in total. The summed E-state index contributed by atoms with van der Waals surface area (Å²) >= 11 is 0. The fourth-order valence-electron chi connectivity index (χ4n) is 3.67. The van der Waals surface area contributed by atoms with Gasteiger partial charge < -0.3 is 14.0 Å². The van der Waals surface area contributed by atoms with Crippen LogP contribution < -0.4 is 10.2 Å². The van der Waals surface area contributed by atoms with Crippen LogP contribution in [0.3, 0.4) is 0 Å². The Balaban J connectivity index is 1.61. The van der Waals surface area contributed by atoms with Gasteiger partial charge in [-0.1, -0.05) is 12.1 Å². The molecule has 8 heteroatoms. The minimum atomic E-state index is -0.537. The second-order valence-electron chi connectivity index (χ2n) is 6.98. The van der Waals surface area contributed by atoms with E-state index in [9.17, 15) is 4.79 Å². The van der Waals surface area contributed by atoms with E-state index in [0.29, 0.717) is 31.9 Å². The fourth-order valence-corrected chi connectivity index (χ4v) is 3.67. The van der Waals surface area contributed by atoms with Crippen molar-refractivity contribution in [3.63, 3.8) is 0 Å². The monoisotopic (exact) mass is 396 g/mol. The van der Waals surface area contributed by atoms with Gasteiger partial charge >= 0.3 is 0 Å². The number of aromatic nitrogens is 2. The predicted octanol–water partition coefficient (Wildman–Crippen LogP) is 2.20. The Hall–Kier alpha value is -2.94. The largest absolute Gasteiger partial charge is 0.492 e. The first kappa shape index (κ1) is 19.4. The molecular formula is C21H24N4O4. The van der Waals surface area contributed by atoms with Crippen LogP contribution in [0.25, 0.3) is 11.0 Å². The topological polar surface area (TPSA) is 88.9 Å². The molecule has 0 radical (unpaired) electrons. The number of hydroxylamine groups is 1. The van der Waals surface area contributed by atoms with E-state index in [0.717, 1.165) is 41.3 Å². The van der Waals surface area contributed by atoms with Gasteiger partial charge in [-0.25, -0.2) is 10.5 Å². The van der Waals surface area contributed by atoms with Crippen LogP contribution in [0.4, 0.5) is 0 Å². The van der Waals surface area contributed by atoms with Gasteiger partial charge in [0.25, 0.3) is 5.91 Å². The highest BCUT2D eigenvalue weighted by Crippen LogP contribution is 2.26. The smallest absolute Gasteiger partial charge is 0.274 e. The van der Waals surface area contributed by atoms with Crippen molar-refractivity contribution in [1.82, 2.24) is 19.9 Å². The second-order valence-corrected chi connectivity index (χ2v) is 6.98. The molecule has 152 valence electrons. The van der Waals surface area contributed by atoms with Gasteiger partial charge in [0.2, 0.25) is 0 Å². The molecule has 0 bridgehead atoms. The standard InChI is InChI=1S/C21H24N4O4/c1-28-10-9-25-18-5-3-2-4-17(18)22-20(25)14-24-8-11-29-19-7-6-15(21(26)23-27)12-16(19)13-24/h2-7,12,27H,8-11,13-14H2,1H3,(H,23,26). The van der Waals surface area contributed by atoms with E-state index >= 15 is 0 Å². The maximum Gasteiger partial charge on any atom is 0.274 e. The molecule has 0 fully saturated rings. The maximum absolute atomic E-state index is 11.8. The van der Waals surface area contributed by atoms with Crippen molar-refractivity contribution in [3.8, 4) is 5.75 Å². The van der Waals surface area contributed by atoms with E-state index in [2.05, 4.69) is 15.5 Å². The Bertz CT molecular complexity index is 1020. The molecule has 2 aromatic carbocycles. The average Bonchev–Trinajstić information content (AvgIpc) is 2.95. The van der Waals surface area contributed by atoms with Gasteiger partial charge in [-0.2, -0.15) is 0 Å². The molecule has 0 saturated carbocycles. The summed E-state index contributed by atoms with van der Waals surface area (Å²) in [6, 6.07) is 13.3. The van der Waals surface area contributed by atoms with Crippen molar-refractivity contribution in [2.45, 2.75) is 19.6 Å². The van der Waals surface area contributed by atoms with E-state index < -0.39 is 5.91 Å². The Morgan fingerprint density at radius 2 is 2.17 bits per heavy atom. The third kappa shape index (κ3) is 4.09. The van der Waals surface area contributed by atoms with Crippen molar-refractivity contribution in [3.05, 3.63) is 59.4 Å². The Morgan fingerprint density at radius 1 is 1.31 bits per heavy atom. The lowest BCUT2D eigenvalue weighted by molar-refractivity contribution is 0.0706. The summed E-state index contributed by atoms with van der Waals surface area (Å²) in [5, 5.41) is 8.90. The Morgan fingerprint density at radius 3 is 3.00 bits per heavy atom. The molecule has 3 aromatic rings. The zero-order valence-corrected chi connectivity index (χ0v) is 16.3. The van der Waals surface area contributed by atoms with Crippen molar-refractivity contribution in [2.75, 3.05) is 26.9 Å². The van der Waals surface area contributed by atoms with E-state index in [-0.39, 0.29) is 0 Å². The Kier molecular flexibility index (Phi) is 5.75. The number of imidazole rings is 1. The molecule has 0 atom stereocenters. The number of para-hydroxylation sites is 2. The van der Waals surface area contributed by atoms with Gasteiger partial charge in [-0.05, 0) is 30.3 Å². The number of fused-ring (bicyclic) bond motifs is 2. The minimum Gasteiger partial charge on any atom is -0.492 e. The zero-order chi connectivity index (χ0) is 20.2. The molecule has 0 spiro atoms. The molecule has 2 heterocycles. The summed E-state index contributed by atoms with van der Waals surface area (Å²) in [5.74, 6) is 1.19. The summed E-state index contributed by atoms with van der Waals surface area (Å²) in [6.07, 6.45) is 0. The number of amides is 1. The molecule has 1 amide bonds. The normalized spacial score (nSPS) is 14.3. The number of carbonyl (C=O) groups excluding carboxylic acids is 1. The van der Waals surface area contributed by atoms with Gasteiger partial charge in [0, 0.05) is 37.9 Å². The van der Waals surface area contributed by atoms with Gasteiger partial charge in [0.15, 0.2) is 0 Å². The van der Waals surface area contributed by atoms with E-state index in [4.69, 9.17) is 19.7 Å². The van der Waals surface area contributed by atoms with Crippen molar-refractivity contribution in [1.29, 1.82) is 0 Å². The number of rotatable bonds is 6. The molecule has 0 saturated heterocycles. The second kappa shape index (κ2) is 8.60. The minimum absolute atomic E-state index is 0.393. The van der Waals surface area contributed by atoms with Crippen LogP contribution >= 0.6 is 0 Å². The summed E-state index contributed by atoms with van der Waals surface area (Å²) in [7, 11) is 1.70. The lowest BCUT2D eigenvalue weighted by atomic mass is 10.1. The average molecular weight is 396 g/mol. The molecule has 1 aliphatic rings. The number of benzene rings is 2. The first-order chi connectivity index (χ1) is 14.2. The number of ether oxygens (including phenoxy) is 2. The third-order valence-electron chi connectivity index (χ3n) is 5.10. The molecule has 0 unspecified atom stereocenters. The van der Waals surface area contributed by atoms with Gasteiger partial charge in [-0.3, -0.25) is 14.9 Å². The van der Waals surface area contributed by atoms with Crippen molar-refractivity contribution in [2.24, 2.45) is 0 Å². The van der Waals surface area contributed by atoms with Crippen LogP contribution in [-0.2, 0) is 24.4 Å². The van der Waals surface area contributed by atoms with Crippen LogP contribution in [0.2, 0.25) is 0 Å². The molecular weight excluding hydrogens is 372 g/mol. The van der Waals surface area contributed by atoms with E-state index in [1.165, 1.54) is 0 Å². The number of carbonyl (C=O) groups is 1. The van der Waals surface area contributed by atoms with Crippen molar-refractivity contribution >= 4 is 16.9 Å². The lowest BCUT2D eigenvalue weighted by Gasteiger charge is -2.20. The van der Waals surface area contributed by atoms with Crippen LogP contribution in [0, 0.1) is 0 Å². The first-order valence-corrected chi connectivity index (χ1v) is 9.55. The highest BCUT2D eigenvalue weighted by Gasteiger charge is 2.20. The highest BCUT2D eigenvalue weighted by molar-refractivity contribution is 5.93. The predicted molar refractivity (Wildman–Crippen MR) is 107 cm³/mol. The van der Waals surface area contributed by atoms with Crippen LogP contribution in [0.15, 0.2) is 42.5 Å². The summed E-state index contributed by atoms with van der Waals surface area (Å²) in [5.41, 5.74) is 5.03. The third-order valence-corrected chi connectivity index (χ3v) is 5.10. The summed E-state index contributed by atoms with van der Waals surface area (Å²) in [6.45, 7) is 3.90. The number of nitrogens with one attached hydrogen (secondary N) is 1. The van der Waals surface area contributed by atoms with Crippen molar-refractivity contribution < 1.29 is 19.5 Å². The van der Waals surface area contributed by atoms with E-state index in [1.807, 2.05) is 18.2 Å². The summed E-state index contributed by atoms with van der Waals surface area (Å²) < 4.78 is 13.3. The van der Waals surface area contributed by atoms with Gasteiger partial charge in [0.1, 0.15) is 18.2 Å². The quantitative estimate of drug-likeness (QED) is 0.491. The maximum atomic E-state index is 11.8. The molecule has 29 heavy (non-hydrogen) atoms. The zero-order valence-electron chi connectivity index (χ0n) is 16.3. The fraction of sp³-hybridized carbons (Fsp3) is 0.333. The number of nitrogens with zero attached hydrogens (tertiary/aromatic N) is 3. The summed E-state index contributed by atoms with van der Waals surface area (Å²) in [4.78, 5) is 18.8.